The zero-order chi connectivity index (χ0) is 20.4. The minimum atomic E-state index is -0.427. The molecule has 4 rings (SSSR count). The van der Waals surface area contributed by atoms with Crippen molar-refractivity contribution in [1.82, 2.24) is 19.7 Å². The van der Waals surface area contributed by atoms with Gasteiger partial charge in [-0.25, -0.2) is 4.98 Å². The highest BCUT2D eigenvalue weighted by Gasteiger charge is 2.22. The van der Waals surface area contributed by atoms with Crippen molar-refractivity contribution in [2.75, 3.05) is 11.9 Å². The van der Waals surface area contributed by atoms with E-state index >= 15 is 0 Å². The number of rotatable bonds is 5. The van der Waals surface area contributed by atoms with Crippen LogP contribution in [-0.2, 0) is 11.3 Å². The molecule has 1 aliphatic rings. The molecular weight excluding hydrogens is 370 g/mol. The van der Waals surface area contributed by atoms with E-state index in [1.165, 1.54) is 6.33 Å². The van der Waals surface area contributed by atoms with Gasteiger partial charge in [0.2, 0.25) is 0 Å². The number of carbonyl (C=O) groups excluding carboxylic acids is 1. The van der Waals surface area contributed by atoms with Crippen LogP contribution >= 0.6 is 0 Å². The molecule has 0 spiro atoms. The lowest BCUT2D eigenvalue weighted by Crippen LogP contribution is -2.34. The predicted octanol–water partition coefficient (Wildman–Crippen LogP) is 2.68. The number of anilines is 1. The number of amides is 1. The number of hydrogen-bond acceptors (Lipinski definition) is 5. The Morgan fingerprint density at radius 3 is 2.93 bits per heavy atom. The van der Waals surface area contributed by atoms with Crippen molar-refractivity contribution < 1.29 is 9.53 Å². The molecule has 1 fully saturated rings. The van der Waals surface area contributed by atoms with Crippen molar-refractivity contribution in [2.45, 2.75) is 39.3 Å². The minimum Gasteiger partial charge on any atom is -0.376 e. The second-order valence-corrected chi connectivity index (χ2v) is 7.26. The molecule has 3 aromatic rings. The summed E-state index contributed by atoms with van der Waals surface area (Å²) in [7, 11) is 0. The summed E-state index contributed by atoms with van der Waals surface area (Å²) < 4.78 is 7.31. The normalized spacial score (nSPS) is 16.1. The average Bonchev–Trinajstić information content (AvgIpc) is 3.39. The Morgan fingerprint density at radius 1 is 1.34 bits per heavy atom. The Hall–Kier alpha value is -3.26. The maximum atomic E-state index is 13.1. The van der Waals surface area contributed by atoms with Crippen LogP contribution in [0.25, 0.3) is 11.4 Å². The number of carbonyl (C=O) groups is 1. The third-order valence-corrected chi connectivity index (χ3v) is 5.15. The van der Waals surface area contributed by atoms with Crippen LogP contribution in [0.5, 0.6) is 0 Å². The summed E-state index contributed by atoms with van der Waals surface area (Å²) in [6.07, 6.45) is 3.37. The first-order chi connectivity index (χ1) is 14.0. The van der Waals surface area contributed by atoms with Gasteiger partial charge < -0.3 is 14.6 Å². The summed E-state index contributed by atoms with van der Waals surface area (Å²) >= 11 is 0. The zero-order valence-electron chi connectivity index (χ0n) is 16.4. The molecule has 2 aromatic heterocycles. The number of aromatic amines is 1. The molecule has 1 saturated heterocycles. The van der Waals surface area contributed by atoms with Gasteiger partial charge >= 0.3 is 0 Å². The highest BCUT2D eigenvalue weighted by molar-refractivity contribution is 6.05. The molecule has 2 N–H and O–H groups in total. The fourth-order valence-electron chi connectivity index (χ4n) is 3.70. The molecule has 3 heterocycles. The van der Waals surface area contributed by atoms with E-state index in [4.69, 9.17) is 4.74 Å². The van der Waals surface area contributed by atoms with Crippen LogP contribution < -0.4 is 10.9 Å². The van der Waals surface area contributed by atoms with Crippen LogP contribution in [0, 0.1) is 13.8 Å². The van der Waals surface area contributed by atoms with Crippen molar-refractivity contribution >= 4 is 11.6 Å². The molecule has 29 heavy (non-hydrogen) atoms. The predicted molar refractivity (Wildman–Crippen MR) is 109 cm³/mol. The molecule has 8 heteroatoms. The number of nitrogens with one attached hydrogen (secondary N) is 2. The smallest absolute Gasteiger partial charge is 0.263 e. The van der Waals surface area contributed by atoms with E-state index in [9.17, 15) is 9.59 Å². The van der Waals surface area contributed by atoms with Gasteiger partial charge in [-0.1, -0.05) is 12.1 Å². The number of pyridine rings is 1. The van der Waals surface area contributed by atoms with E-state index in [-0.39, 0.29) is 17.2 Å². The summed E-state index contributed by atoms with van der Waals surface area (Å²) in [5, 5.41) is 9.47. The van der Waals surface area contributed by atoms with Gasteiger partial charge in [-0.15, -0.1) is 0 Å². The van der Waals surface area contributed by atoms with Gasteiger partial charge in [0.1, 0.15) is 11.9 Å². The van der Waals surface area contributed by atoms with Gasteiger partial charge in [0.25, 0.3) is 11.5 Å². The molecule has 1 aromatic carbocycles. The molecular formula is C21H23N5O3. The molecule has 0 radical (unpaired) electrons. The standard InChI is InChI=1S/C21H23N5O3/c1-13-9-14(2)26(11-17-7-4-8-29-17)21(28)18(13)20(27)24-16-6-3-5-15(10-16)19-22-12-23-25-19/h3,5-6,9-10,12,17H,4,7-8,11H2,1-2H3,(H,24,27)(H,22,23,25). The van der Waals surface area contributed by atoms with Crippen molar-refractivity contribution in [1.29, 1.82) is 0 Å². The molecule has 150 valence electrons. The van der Waals surface area contributed by atoms with E-state index in [1.807, 2.05) is 25.1 Å². The van der Waals surface area contributed by atoms with Crippen molar-refractivity contribution in [3.63, 3.8) is 0 Å². The fraction of sp³-hybridized carbons (Fsp3) is 0.333. The summed E-state index contributed by atoms with van der Waals surface area (Å²) in [6.45, 7) is 4.85. The first-order valence-corrected chi connectivity index (χ1v) is 9.62. The van der Waals surface area contributed by atoms with Crippen molar-refractivity contribution in [3.8, 4) is 11.4 Å². The second kappa shape index (κ2) is 8.00. The third-order valence-electron chi connectivity index (χ3n) is 5.15. The number of H-pyrrole nitrogens is 1. The van der Waals surface area contributed by atoms with E-state index in [2.05, 4.69) is 20.5 Å². The van der Waals surface area contributed by atoms with Crippen molar-refractivity contribution in [3.05, 3.63) is 63.8 Å². The van der Waals surface area contributed by atoms with E-state index in [1.54, 1.807) is 23.6 Å². The Bertz CT molecular complexity index is 1080. The van der Waals surface area contributed by atoms with Gasteiger partial charge in [-0.3, -0.25) is 14.7 Å². The second-order valence-electron chi connectivity index (χ2n) is 7.26. The van der Waals surface area contributed by atoms with Crippen LogP contribution in [-0.4, -0.2) is 38.4 Å². The Balaban J connectivity index is 1.62. The summed E-state index contributed by atoms with van der Waals surface area (Å²) in [5.74, 6) is 0.176. The fourth-order valence-corrected chi connectivity index (χ4v) is 3.70. The first kappa shape index (κ1) is 19.1. The molecule has 1 aliphatic heterocycles. The molecule has 1 atom stereocenters. The summed E-state index contributed by atoms with van der Waals surface area (Å²) in [5.41, 5.74) is 2.71. The van der Waals surface area contributed by atoms with E-state index < -0.39 is 5.91 Å². The van der Waals surface area contributed by atoms with Crippen LogP contribution in [0.1, 0.15) is 34.5 Å². The topological polar surface area (TPSA) is 102 Å². The maximum absolute atomic E-state index is 13.1. The zero-order valence-corrected chi connectivity index (χ0v) is 16.4. The Labute approximate surface area is 167 Å². The maximum Gasteiger partial charge on any atom is 0.263 e. The lowest BCUT2D eigenvalue weighted by Gasteiger charge is -2.17. The van der Waals surface area contributed by atoms with Crippen LogP contribution in [0.2, 0.25) is 0 Å². The molecule has 1 unspecified atom stereocenters. The largest absolute Gasteiger partial charge is 0.376 e. The molecule has 0 aliphatic carbocycles. The van der Waals surface area contributed by atoms with E-state index in [0.29, 0.717) is 23.6 Å². The number of ether oxygens (including phenoxy) is 1. The minimum absolute atomic E-state index is 0.0172. The van der Waals surface area contributed by atoms with Crippen molar-refractivity contribution in [2.24, 2.45) is 0 Å². The monoisotopic (exact) mass is 393 g/mol. The number of benzene rings is 1. The quantitative estimate of drug-likeness (QED) is 0.694. The summed E-state index contributed by atoms with van der Waals surface area (Å²) in [4.78, 5) is 30.2. The van der Waals surface area contributed by atoms with Gasteiger partial charge in [-0.2, -0.15) is 5.10 Å². The van der Waals surface area contributed by atoms with Gasteiger partial charge in [0, 0.05) is 23.6 Å². The van der Waals surface area contributed by atoms with Crippen LogP contribution in [0.4, 0.5) is 5.69 Å². The first-order valence-electron chi connectivity index (χ1n) is 9.62. The van der Waals surface area contributed by atoms with Gasteiger partial charge in [0.15, 0.2) is 5.82 Å². The highest BCUT2D eigenvalue weighted by atomic mass is 16.5. The van der Waals surface area contributed by atoms with Crippen LogP contribution in [0.15, 0.2) is 41.5 Å². The lowest BCUT2D eigenvalue weighted by molar-refractivity contribution is 0.0947. The number of aryl methyl sites for hydroxylation is 2. The Kier molecular flexibility index (Phi) is 5.26. The SMILES string of the molecule is Cc1cc(C)n(CC2CCCO2)c(=O)c1C(=O)Nc1cccc(-c2ncn[nH]2)c1. The average molecular weight is 393 g/mol. The lowest BCUT2D eigenvalue weighted by atomic mass is 10.1. The van der Waals surface area contributed by atoms with E-state index in [0.717, 1.165) is 30.7 Å². The number of hydrogen-bond donors (Lipinski definition) is 2. The van der Waals surface area contributed by atoms with Gasteiger partial charge in [-0.05, 0) is 50.5 Å². The third kappa shape index (κ3) is 3.97. The summed E-state index contributed by atoms with van der Waals surface area (Å²) in [6, 6.07) is 9.10. The molecule has 1 amide bonds. The Morgan fingerprint density at radius 2 is 2.21 bits per heavy atom. The van der Waals surface area contributed by atoms with Gasteiger partial charge in [0.05, 0.1) is 12.6 Å². The number of aromatic nitrogens is 4. The highest BCUT2D eigenvalue weighted by Crippen LogP contribution is 2.20. The number of nitrogens with zero attached hydrogens (tertiary/aromatic N) is 3. The van der Waals surface area contributed by atoms with Crippen LogP contribution in [0.3, 0.4) is 0 Å². The molecule has 0 bridgehead atoms. The molecule has 8 nitrogen and oxygen atoms in total. The molecule has 0 saturated carbocycles.